The fourth-order valence-electron chi connectivity index (χ4n) is 5.06. The molecule has 0 aromatic rings. The molecule has 2 unspecified atom stereocenters. The molecule has 3 fully saturated rings. The molecule has 3 rings (SSSR count). The van der Waals surface area contributed by atoms with Crippen molar-refractivity contribution in [3.05, 3.63) is 0 Å². The third-order valence-corrected chi connectivity index (χ3v) is 6.60. The van der Waals surface area contributed by atoms with Gasteiger partial charge in [-0.05, 0) is 73.8 Å². The molecule has 3 heterocycles. The molecule has 0 aromatic carbocycles. The van der Waals surface area contributed by atoms with E-state index in [1.165, 1.54) is 65.0 Å². The second-order valence-electron chi connectivity index (χ2n) is 10.6. The van der Waals surface area contributed by atoms with Crippen molar-refractivity contribution in [2.24, 2.45) is 0 Å². The highest BCUT2D eigenvalue weighted by atomic mass is 16.5. The Labute approximate surface area is 155 Å². The van der Waals surface area contributed by atoms with Crippen LogP contribution in [0.1, 0.15) is 67.2 Å². The third kappa shape index (κ3) is 4.58. The molecule has 146 valence electrons. The molecule has 2 atom stereocenters. The summed E-state index contributed by atoms with van der Waals surface area (Å²) in [4.78, 5) is 8.18. The molecule has 3 saturated heterocycles. The summed E-state index contributed by atoms with van der Waals surface area (Å²) in [6.45, 7) is 21.9. The third-order valence-electron chi connectivity index (χ3n) is 6.60. The Morgan fingerprint density at radius 1 is 0.920 bits per heavy atom. The molecule has 0 radical (unpaired) electrons. The van der Waals surface area contributed by atoms with E-state index in [0.29, 0.717) is 11.1 Å². The summed E-state index contributed by atoms with van der Waals surface area (Å²) in [5, 5.41) is 0. The minimum atomic E-state index is -0.0234. The van der Waals surface area contributed by atoms with E-state index in [9.17, 15) is 0 Å². The van der Waals surface area contributed by atoms with E-state index in [0.717, 1.165) is 12.6 Å². The first-order valence-electron chi connectivity index (χ1n) is 10.5. The van der Waals surface area contributed by atoms with Crippen LogP contribution in [0.15, 0.2) is 0 Å². The van der Waals surface area contributed by atoms with E-state index in [4.69, 9.17) is 4.74 Å². The second-order valence-corrected chi connectivity index (χ2v) is 10.6. The van der Waals surface area contributed by atoms with Crippen molar-refractivity contribution in [1.29, 1.82) is 0 Å². The summed E-state index contributed by atoms with van der Waals surface area (Å²) in [6.07, 6.45) is 5.36. The van der Waals surface area contributed by atoms with Crippen LogP contribution in [0.5, 0.6) is 0 Å². The summed E-state index contributed by atoms with van der Waals surface area (Å²) < 4.78 is 6.25. The van der Waals surface area contributed by atoms with Crippen molar-refractivity contribution < 1.29 is 4.74 Å². The van der Waals surface area contributed by atoms with Gasteiger partial charge in [-0.15, -0.1) is 0 Å². The normalized spacial score (nSPS) is 33.1. The predicted octanol–water partition coefficient (Wildman–Crippen LogP) is 3.21. The van der Waals surface area contributed by atoms with Crippen LogP contribution in [0.3, 0.4) is 0 Å². The quantitative estimate of drug-likeness (QED) is 0.774. The van der Waals surface area contributed by atoms with Crippen LogP contribution in [0, 0.1) is 0 Å². The lowest BCUT2D eigenvalue weighted by atomic mass is 9.95. The molecule has 0 amide bonds. The Morgan fingerprint density at radius 2 is 1.60 bits per heavy atom. The topological polar surface area (TPSA) is 19.0 Å². The average molecular weight is 352 g/mol. The predicted molar refractivity (Wildman–Crippen MR) is 105 cm³/mol. The highest BCUT2D eigenvalue weighted by Gasteiger charge is 2.50. The van der Waals surface area contributed by atoms with Crippen LogP contribution in [-0.2, 0) is 4.74 Å². The minimum absolute atomic E-state index is 0.0234. The van der Waals surface area contributed by atoms with E-state index in [2.05, 4.69) is 56.2 Å². The summed E-state index contributed by atoms with van der Waals surface area (Å²) in [7, 11) is 0. The Bertz CT molecular complexity index is 445. The van der Waals surface area contributed by atoms with Gasteiger partial charge in [0.15, 0.2) is 0 Å². The Morgan fingerprint density at radius 3 is 2.20 bits per heavy atom. The van der Waals surface area contributed by atoms with Gasteiger partial charge in [-0.2, -0.15) is 0 Å². The first kappa shape index (κ1) is 19.6. The lowest BCUT2D eigenvalue weighted by Gasteiger charge is -2.44. The van der Waals surface area contributed by atoms with E-state index < -0.39 is 0 Å². The fraction of sp³-hybridized carbons (Fsp3) is 1.00. The summed E-state index contributed by atoms with van der Waals surface area (Å²) in [5.41, 5.74) is 0.628. The number of nitrogens with zero attached hydrogens (tertiary/aromatic N) is 3. The van der Waals surface area contributed by atoms with Crippen LogP contribution < -0.4 is 0 Å². The van der Waals surface area contributed by atoms with Gasteiger partial charge in [-0.25, -0.2) is 0 Å². The standard InChI is InChI=1S/C21H41N3O/c1-19(2,3)23-14-12-22(13-15-23)16-18-8-10-21(9-7-11-24(18)21)17-25-20(4,5)6/h18H,7-17H2,1-6H3. The van der Waals surface area contributed by atoms with Crippen molar-refractivity contribution in [2.75, 3.05) is 45.9 Å². The van der Waals surface area contributed by atoms with Gasteiger partial charge in [-0.3, -0.25) is 14.7 Å². The fourth-order valence-corrected chi connectivity index (χ4v) is 5.06. The molecule has 4 heteroatoms. The maximum Gasteiger partial charge on any atom is 0.0657 e. The SMILES string of the molecule is CC(C)(C)OCC12CCCN1C(CN1CCN(C(C)(C)C)CC1)CC2. The van der Waals surface area contributed by atoms with E-state index >= 15 is 0 Å². The van der Waals surface area contributed by atoms with Gasteiger partial charge in [0, 0.05) is 49.8 Å². The van der Waals surface area contributed by atoms with Gasteiger partial charge in [0.1, 0.15) is 0 Å². The molecule has 3 aliphatic heterocycles. The molecule has 4 nitrogen and oxygen atoms in total. The Balaban J connectivity index is 1.53. The number of piperazine rings is 1. The van der Waals surface area contributed by atoms with Gasteiger partial charge >= 0.3 is 0 Å². The molecule has 0 aliphatic carbocycles. The smallest absolute Gasteiger partial charge is 0.0657 e. The van der Waals surface area contributed by atoms with Crippen molar-refractivity contribution in [3.63, 3.8) is 0 Å². The van der Waals surface area contributed by atoms with Gasteiger partial charge < -0.3 is 4.74 Å². The largest absolute Gasteiger partial charge is 0.374 e. The molecular formula is C21H41N3O. The lowest BCUT2D eigenvalue weighted by Crippen LogP contribution is -2.56. The summed E-state index contributed by atoms with van der Waals surface area (Å²) >= 11 is 0. The summed E-state index contributed by atoms with van der Waals surface area (Å²) in [5.74, 6) is 0. The first-order valence-corrected chi connectivity index (χ1v) is 10.5. The van der Waals surface area contributed by atoms with Crippen LogP contribution in [0.2, 0.25) is 0 Å². The first-order chi connectivity index (χ1) is 11.6. The highest BCUT2D eigenvalue weighted by Crippen LogP contribution is 2.43. The minimum Gasteiger partial charge on any atom is -0.374 e. The van der Waals surface area contributed by atoms with Crippen LogP contribution in [-0.4, -0.2) is 83.3 Å². The van der Waals surface area contributed by atoms with E-state index in [-0.39, 0.29) is 5.60 Å². The van der Waals surface area contributed by atoms with Gasteiger partial charge in [-0.1, -0.05) is 0 Å². The molecule has 3 aliphatic rings. The zero-order valence-electron chi connectivity index (χ0n) is 17.6. The van der Waals surface area contributed by atoms with E-state index in [1.807, 2.05) is 0 Å². The molecule has 0 saturated carbocycles. The molecule has 0 aromatic heterocycles. The molecule has 0 spiro atoms. The lowest BCUT2D eigenvalue weighted by molar-refractivity contribution is -0.0587. The van der Waals surface area contributed by atoms with Gasteiger partial charge in [0.25, 0.3) is 0 Å². The van der Waals surface area contributed by atoms with E-state index in [1.54, 1.807) is 0 Å². The Kier molecular flexibility index (Phi) is 5.57. The van der Waals surface area contributed by atoms with Crippen molar-refractivity contribution in [3.8, 4) is 0 Å². The van der Waals surface area contributed by atoms with Crippen molar-refractivity contribution in [2.45, 2.75) is 89.9 Å². The zero-order valence-corrected chi connectivity index (χ0v) is 17.6. The Hall–Kier alpha value is -0.160. The van der Waals surface area contributed by atoms with Gasteiger partial charge in [0.05, 0.1) is 12.2 Å². The summed E-state index contributed by atoms with van der Waals surface area (Å²) in [6, 6.07) is 0.743. The molecule has 0 bridgehead atoms. The van der Waals surface area contributed by atoms with Crippen LogP contribution in [0.25, 0.3) is 0 Å². The highest BCUT2D eigenvalue weighted by molar-refractivity contribution is 5.05. The number of hydrogen-bond acceptors (Lipinski definition) is 4. The van der Waals surface area contributed by atoms with Crippen molar-refractivity contribution in [1.82, 2.24) is 14.7 Å². The van der Waals surface area contributed by atoms with Crippen molar-refractivity contribution >= 4 is 0 Å². The zero-order chi connectivity index (χ0) is 18.3. The number of rotatable bonds is 4. The number of fused-ring (bicyclic) bond motifs is 1. The number of ether oxygens (including phenoxy) is 1. The van der Waals surface area contributed by atoms with Gasteiger partial charge in [0.2, 0.25) is 0 Å². The maximum atomic E-state index is 6.25. The van der Waals surface area contributed by atoms with Crippen LogP contribution >= 0.6 is 0 Å². The van der Waals surface area contributed by atoms with Crippen LogP contribution in [0.4, 0.5) is 0 Å². The molecule has 25 heavy (non-hydrogen) atoms. The maximum absolute atomic E-state index is 6.25. The monoisotopic (exact) mass is 351 g/mol. The number of hydrogen-bond donors (Lipinski definition) is 0. The second kappa shape index (κ2) is 7.10. The average Bonchev–Trinajstić information content (AvgIpc) is 3.05. The molecular weight excluding hydrogens is 310 g/mol. The molecule has 0 N–H and O–H groups in total.